The number of fused-ring (bicyclic) bond motifs is 4. The number of carbonyl (C=O) groups is 4. The largest absolute Gasteiger partial charge is 0.488 e. The number of para-hydroxylation sites is 2. The highest BCUT2D eigenvalue weighted by molar-refractivity contribution is 7.93. The second-order valence-corrected chi connectivity index (χ2v) is 39.7. The van der Waals surface area contributed by atoms with Crippen LogP contribution in [0, 0.1) is 20.8 Å². The number of rotatable bonds is 16. The van der Waals surface area contributed by atoms with E-state index in [0.29, 0.717) is 68.5 Å². The molecule has 38 heteroatoms. The summed E-state index contributed by atoms with van der Waals surface area (Å²) in [6.07, 6.45) is 11.4. The zero-order valence-corrected chi connectivity index (χ0v) is 76.1. The molecular weight excluding hydrogens is 1830 g/mol. The number of nitrogens with zero attached hydrogens (tertiary/aromatic N) is 10. The molecule has 4 aliphatic heterocycles. The van der Waals surface area contributed by atoms with Crippen molar-refractivity contribution in [2.24, 2.45) is 0 Å². The minimum Gasteiger partial charge on any atom is -0.488 e. The Morgan fingerprint density at radius 2 is 0.800 bits per heavy atom. The van der Waals surface area contributed by atoms with E-state index in [1.807, 2.05) is 82.3 Å². The van der Waals surface area contributed by atoms with Gasteiger partial charge in [-0.15, -0.1) is 0 Å². The van der Waals surface area contributed by atoms with Gasteiger partial charge in [0.05, 0.1) is 80.3 Å². The molecule has 0 aliphatic carbocycles. The van der Waals surface area contributed by atoms with Gasteiger partial charge in [-0.1, -0.05) is 151 Å². The molecule has 10 heterocycles. The molecule has 125 heavy (non-hydrogen) atoms. The number of halogens is 7. The van der Waals surface area contributed by atoms with E-state index in [1.54, 1.807) is 78.2 Å². The van der Waals surface area contributed by atoms with E-state index in [-0.39, 0.29) is 110 Å². The fourth-order valence-electron chi connectivity index (χ4n) is 13.8. The molecule has 16 rings (SSSR count). The van der Waals surface area contributed by atoms with Gasteiger partial charge in [0, 0.05) is 82.8 Å². The molecule has 4 N–H and O–H groups in total. The molecule has 4 amide bonds. The fraction of sp³-hybridized carbons (Fsp3) is 0.195. The molecule has 6 aromatic heterocycles. The van der Waals surface area contributed by atoms with Crippen LogP contribution in [0.4, 0.5) is 45.6 Å². The molecule has 1 unspecified atom stereocenters. The first-order valence-corrected chi connectivity index (χ1v) is 46.9. The molecule has 0 saturated carbocycles. The Morgan fingerprint density at radius 1 is 0.408 bits per heavy atom. The van der Waals surface area contributed by atoms with Gasteiger partial charge in [0.25, 0.3) is 63.7 Å². The number of aryl methyl sites for hydroxylation is 4. The van der Waals surface area contributed by atoms with Crippen molar-refractivity contribution < 1.29 is 57.6 Å². The van der Waals surface area contributed by atoms with Gasteiger partial charge in [-0.2, -0.15) is 0 Å². The highest BCUT2D eigenvalue weighted by Crippen LogP contribution is 2.39. The van der Waals surface area contributed by atoms with Crippen LogP contribution in [0.2, 0.25) is 35.2 Å². The summed E-state index contributed by atoms with van der Waals surface area (Å²) in [5, 5.41) is 2.17. The maximum absolute atomic E-state index is 13.4. The zero-order valence-electron chi connectivity index (χ0n) is 67.5. The molecule has 0 bridgehead atoms. The summed E-state index contributed by atoms with van der Waals surface area (Å²) in [4.78, 5) is 84.9. The monoisotopic (exact) mass is 1900 g/mol. The summed E-state index contributed by atoms with van der Waals surface area (Å²) < 4.78 is 119. The average molecular weight is 1900 g/mol. The Kier molecular flexibility index (Phi) is 27.9. The molecule has 0 fully saturated rings. The third kappa shape index (κ3) is 21.1. The Bertz CT molecular complexity index is 6740. The number of hydrogen-bond acceptors (Lipinski definition) is 19. The third-order valence-corrected chi connectivity index (χ3v) is 27.7. The van der Waals surface area contributed by atoms with Crippen LogP contribution < -0.4 is 43.2 Å². The maximum atomic E-state index is 13.4. The van der Waals surface area contributed by atoms with Crippen LogP contribution in [0.5, 0.6) is 5.75 Å². The maximum Gasteiger partial charge on any atom is 0.280 e. The van der Waals surface area contributed by atoms with Crippen LogP contribution in [0.3, 0.4) is 0 Å². The lowest BCUT2D eigenvalue weighted by atomic mass is 9.87. The van der Waals surface area contributed by atoms with Crippen molar-refractivity contribution >= 4 is 191 Å². The average Bonchev–Trinajstić information content (AvgIpc) is 1.64. The van der Waals surface area contributed by atoms with Gasteiger partial charge in [0.15, 0.2) is 34.3 Å². The number of benzene rings is 6. The summed E-state index contributed by atoms with van der Waals surface area (Å²) in [5.74, 6) is -0.948. The molecule has 0 spiro atoms. The predicted octanol–water partition coefficient (Wildman–Crippen LogP) is 18.5. The number of sulfonamides is 4. The highest BCUT2D eigenvalue weighted by Gasteiger charge is 2.37. The summed E-state index contributed by atoms with van der Waals surface area (Å²) >= 11 is 42.3. The molecule has 12 aromatic rings. The minimum atomic E-state index is -4.01. The van der Waals surface area contributed by atoms with Crippen LogP contribution in [0.15, 0.2) is 233 Å². The Labute approximate surface area is 757 Å². The number of amides is 4. The van der Waals surface area contributed by atoms with Gasteiger partial charge in [-0.3, -0.25) is 48.0 Å². The number of ether oxygens (including phenoxy) is 1. The van der Waals surface area contributed by atoms with Gasteiger partial charge >= 0.3 is 0 Å². The van der Waals surface area contributed by atoms with Crippen molar-refractivity contribution in [3.05, 3.63) is 310 Å². The molecule has 646 valence electrons. The van der Waals surface area contributed by atoms with E-state index in [9.17, 15) is 52.8 Å². The van der Waals surface area contributed by atoms with Crippen molar-refractivity contribution in [1.82, 2.24) is 29.9 Å². The Morgan fingerprint density at radius 3 is 1.26 bits per heavy atom. The van der Waals surface area contributed by atoms with Crippen LogP contribution in [0.1, 0.15) is 115 Å². The number of aromatic nitrogens is 6. The quantitative estimate of drug-likeness (QED) is 0.0698. The Balaban J connectivity index is 0.000000143. The SMILES string of the molecule is CC(C)(C)c1ccc(S(=O)(=O)Nc2cc(Cl)cnc2C(=O)N2CCOc3cccnc32)cc1.Cc1cc(S(=O)(=O)Nc2cc(Cl)cnc2C(=O)N2CCCc3ncccc32)ccc1Cl.Cc1cc(S(=O)(=O)Nc2cc(Cl)cnc2C(=O)N2CCc3ccccc32)ccc1Cl.Cc1cc(S(=O)(=O)Nc2cc(Cl)cnc2C(=O)N2c3ccccc3CC2C)ccc1Cl. The molecule has 1 atom stereocenters. The molecule has 0 radical (unpaired) electrons. The second-order valence-electron chi connectivity index (χ2n) is 30.0. The molecular formula is C87H77Cl7N14O13S4. The number of anilines is 8. The summed E-state index contributed by atoms with van der Waals surface area (Å²) in [5.41, 5.74) is 7.76. The summed E-state index contributed by atoms with van der Waals surface area (Å²) in [7, 11) is -16.0. The van der Waals surface area contributed by atoms with Gasteiger partial charge < -0.3 is 19.4 Å². The molecule has 0 saturated heterocycles. The minimum absolute atomic E-state index is 0.00103. The molecule has 27 nitrogen and oxygen atoms in total. The standard InChI is InChI=1S/C23H23ClN4O4S.C22H19Cl2N3O3S.C21H18Cl2N4O3S.C21H17Cl2N3O3S/c1-23(2,3)15-6-8-17(9-7-15)33(30,31)27-18-13-16(24)14-26-20(18)22(29)28-11-12-32-19-5-4-10-25-21(19)28;1-13-9-17(7-8-18(13)24)31(29,30)26-19-11-16(23)12-25-21(19)22(28)27-14(2)10-15-5-3-4-6-20(15)27;1-13-10-15(6-7-16(13)23)31(29,30)26-18-11-14(22)12-25-20(18)21(28)27-9-3-4-17-19(27)5-2-8-24-17;1-13-10-16(6-7-17(13)23)30(28,29)25-18-11-15(22)12-24-20(18)21(27)26-9-8-14-4-2-3-5-19(14)26/h4-10,13-14,27H,11-12H2,1-3H3;3-9,11-12,14,26H,10H2,1-2H3;2,5-8,10-12,26H,3-4,9H2,1H3;2-7,10-12,25H,8-9H2,1H3. The smallest absolute Gasteiger partial charge is 0.280 e. The van der Waals surface area contributed by atoms with E-state index in [1.165, 1.54) is 121 Å². The van der Waals surface area contributed by atoms with Crippen molar-refractivity contribution in [1.29, 1.82) is 0 Å². The van der Waals surface area contributed by atoms with Gasteiger partial charge in [-0.05, 0) is 220 Å². The summed E-state index contributed by atoms with van der Waals surface area (Å²) in [6, 6.07) is 47.3. The number of carbonyl (C=O) groups excluding carboxylic acids is 4. The number of hydrogen-bond donors (Lipinski definition) is 4. The second kappa shape index (κ2) is 38.0. The highest BCUT2D eigenvalue weighted by atomic mass is 35.5. The molecule has 6 aromatic carbocycles. The normalized spacial score (nSPS) is 14.0. The predicted molar refractivity (Wildman–Crippen MR) is 488 cm³/mol. The van der Waals surface area contributed by atoms with E-state index < -0.39 is 63.7 Å². The van der Waals surface area contributed by atoms with E-state index >= 15 is 0 Å². The van der Waals surface area contributed by atoms with Crippen LogP contribution in [0.25, 0.3) is 0 Å². The van der Waals surface area contributed by atoms with Crippen molar-refractivity contribution in [2.75, 3.05) is 64.7 Å². The zero-order chi connectivity index (χ0) is 89.8. The Hall–Kier alpha value is -11.1. The van der Waals surface area contributed by atoms with Crippen molar-refractivity contribution in [2.45, 2.75) is 105 Å². The lowest BCUT2D eigenvalue weighted by Gasteiger charge is -2.28. The number of pyridine rings is 6. The van der Waals surface area contributed by atoms with E-state index in [0.717, 1.165) is 53.0 Å². The van der Waals surface area contributed by atoms with Crippen LogP contribution in [-0.2, 0) is 64.8 Å². The van der Waals surface area contributed by atoms with Gasteiger partial charge in [0.2, 0.25) is 0 Å². The van der Waals surface area contributed by atoms with Crippen LogP contribution >= 0.6 is 81.2 Å². The molecule has 4 aliphatic rings. The topological polar surface area (TPSA) is 352 Å². The third-order valence-electron chi connectivity index (χ3n) is 20.1. The van der Waals surface area contributed by atoms with Crippen molar-refractivity contribution in [3.63, 3.8) is 0 Å². The van der Waals surface area contributed by atoms with Gasteiger partial charge in [-0.25, -0.2) is 58.6 Å². The first-order valence-electron chi connectivity index (χ1n) is 38.3. The lowest BCUT2D eigenvalue weighted by Crippen LogP contribution is -2.39. The first-order chi connectivity index (χ1) is 59.2. The fourth-order valence-corrected chi connectivity index (χ4v) is 19.3. The lowest BCUT2D eigenvalue weighted by molar-refractivity contribution is 0.0965. The van der Waals surface area contributed by atoms with Crippen molar-refractivity contribution in [3.8, 4) is 5.75 Å². The first kappa shape index (κ1) is 91.6. The summed E-state index contributed by atoms with van der Waals surface area (Å²) in [6.45, 7) is 14.7. The van der Waals surface area contributed by atoms with Crippen LogP contribution in [-0.4, -0.2) is 119 Å². The van der Waals surface area contributed by atoms with Gasteiger partial charge in [0.1, 0.15) is 6.61 Å². The van der Waals surface area contributed by atoms with E-state index in [2.05, 4.69) is 48.8 Å². The van der Waals surface area contributed by atoms with E-state index in [4.69, 9.17) is 85.9 Å². The number of nitrogens with one attached hydrogen (secondary N) is 4.